The van der Waals surface area contributed by atoms with Crippen LogP contribution in [0.1, 0.15) is 36.4 Å². The molecule has 0 radical (unpaired) electrons. The highest BCUT2D eigenvalue weighted by Crippen LogP contribution is 2.34. The topological polar surface area (TPSA) is 32.3 Å². The van der Waals surface area contributed by atoms with Crippen LogP contribution in [0.25, 0.3) is 0 Å². The van der Waals surface area contributed by atoms with E-state index >= 15 is 0 Å². The van der Waals surface area contributed by atoms with Crippen molar-refractivity contribution in [3.8, 4) is 0 Å². The highest BCUT2D eigenvalue weighted by atomic mass is 19.4. The fourth-order valence-electron chi connectivity index (χ4n) is 3.14. The van der Waals surface area contributed by atoms with Crippen LogP contribution in [-0.2, 0) is 6.18 Å². The summed E-state index contributed by atoms with van der Waals surface area (Å²) < 4.78 is 51.2. The third kappa shape index (κ3) is 4.15. The van der Waals surface area contributed by atoms with Gasteiger partial charge in [-0.2, -0.15) is 13.2 Å². The van der Waals surface area contributed by atoms with Crippen molar-refractivity contribution < 1.29 is 22.4 Å². The standard InChI is InChI=1S/C19H18F4N2O/c20-15-8-10-16(11-9-15)24-18(26)25-12-2-1-3-17(25)13-4-6-14(7-5-13)19(21,22)23/h4-11,17H,1-3,12H2,(H,24,26). The molecule has 26 heavy (non-hydrogen) atoms. The third-order valence-corrected chi connectivity index (χ3v) is 4.48. The summed E-state index contributed by atoms with van der Waals surface area (Å²) in [6.07, 6.45) is -1.98. The van der Waals surface area contributed by atoms with Crippen molar-refractivity contribution in [2.45, 2.75) is 31.5 Å². The van der Waals surface area contributed by atoms with E-state index in [0.717, 1.165) is 25.0 Å². The molecule has 7 heteroatoms. The molecule has 1 aliphatic rings. The van der Waals surface area contributed by atoms with Crippen LogP contribution in [0.2, 0.25) is 0 Å². The Morgan fingerprint density at radius 1 is 1.00 bits per heavy atom. The van der Waals surface area contributed by atoms with Gasteiger partial charge in [0.2, 0.25) is 0 Å². The molecule has 1 saturated heterocycles. The molecule has 3 rings (SSSR count). The Bertz CT molecular complexity index is 757. The van der Waals surface area contributed by atoms with Gasteiger partial charge in [-0.25, -0.2) is 9.18 Å². The molecular weight excluding hydrogens is 348 g/mol. The fourth-order valence-corrected chi connectivity index (χ4v) is 3.14. The van der Waals surface area contributed by atoms with Crippen LogP contribution in [0, 0.1) is 5.82 Å². The van der Waals surface area contributed by atoms with Crippen LogP contribution in [-0.4, -0.2) is 17.5 Å². The van der Waals surface area contributed by atoms with E-state index in [-0.39, 0.29) is 12.1 Å². The average molecular weight is 366 g/mol. The number of halogens is 4. The van der Waals surface area contributed by atoms with Crippen molar-refractivity contribution in [3.05, 3.63) is 65.5 Å². The Kier molecular flexibility index (Phi) is 5.15. The van der Waals surface area contributed by atoms with E-state index in [1.807, 2.05) is 0 Å². The van der Waals surface area contributed by atoms with Crippen LogP contribution < -0.4 is 5.32 Å². The summed E-state index contributed by atoms with van der Waals surface area (Å²) in [6, 6.07) is 9.73. The molecule has 3 nitrogen and oxygen atoms in total. The quantitative estimate of drug-likeness (QED) is 0.689. The first-order valence-electron chi connectivity index (χ1n) is 8.35. The van der Waals surface area contributed by atoms with Gasteiger partial charge < -0.3 is 10.2 Å². The number of rotatable bonds is 2. The van der Waals surface area contributed by atoms with Crippen LogP contribution >= 0.6 is 0 Å². The Hall–Kier alpha value is -2.57. The molecule has 1 fully saturated rings. The number of hydrogen-bond acceptors (Lipinski definition) is 1. The molecule has 0 aromatic heterocycles. The second kappa shape index (κ2) is 7.35. The third-order valence-electron chi connectivity index (χ3n) is 4.48. The number of nitrogens with zero attached hydrogens (tertiary/aromatic N) is 1. The molecule has 2 aromatic carbocycles. The van der Waals surface area contributed by atoms with Gasteiger partial charge in [-0.15, -0.1) is 0 Å². The molecule has 1 aliphatic heterocycles. The summed E-state index contributed by atoms with van der Waals surface area (Å²) in [5, 5.41) is 2.71. The van der Waals surface area contributed by atoms with Crippen molar-refractivity contribution in [2.75, 3.05) is 11.9 Å². The number of likely N-dealkylation sites (tertiary alicyclic amines) is 1. The zero-order valence-electron chi connectivity index (χ0n) is 13.9. The summed E-state index contributed by atoms with van der Waals surface area (Å²) in [7, 11) is 0. The number of amides is 2. The maximum atomic E-state index is 13.0. The number of anilines is 1. The minimum Gasteiger partial charge on any atom is -0.317 e. The van der Waals surface area contributed by atoms with E-state index < -0.39 is 17.6 Å². The highest BCUT2D eigenvalue weighted by Gasteiger charge is 2.32. The van der Waals surface area contributed by atoms with Gasteiger partial charge >= 0.3 is 12.2 Å². The number of hydrogen-bond donors (Lipinski definition) is 1. The molecule has 1 atom stereocenters. The van der Waals surface area contributed by atoms with Gasteiger partial charge in [0.1, 0.15) is 5.82 Å². The first kappa shape index (κ1) is 18.2. The van der Waals surface area contributed by atoms with Gasteiger partial charge in [-0.1, -0.05) is 12.1 Å². The van der Waals surface area contributed by atoms with Crippen molar-refractivity contribution in [1.82, 2.24) is 4.90 Å². The Labute approximate surface area is 148 Å². The van der Waals surface area contributed by atoms with Gasteiger partial charge in [0.15, 0.2) is 0 Å². The summed E-state index contributed by atoms with van der Waals surface area (Å²) in [5.74, 6) is -0.399. The lowest BCUT2D eigenvalue weighted by molar-refractivity contribution is -0.137. The summed E-state index contributed by atoms with van der Waals surface area (Å²) in [6.45, 7) is 0.513. The van der Waals surface area contributed by atoms with E-state index in [1.54, 1.807) is 4.90 Å². The Morgan fingerprint density at radius 2 is 1.65 bits per heavy atom. The van der Waals surface area contributed by atoms with Crippen LogP contribution in [0.5, 0.6) is 0 Å². The number of nitrogens with one attached hydrogen (secondary N) is 1. The highest BCUT2D eigenvalue weighted by molar-refractivity contribution is 5.89. The Morgan fingerprint density at radius 3 is 2.27 bits per heavy atom. The zero-order chi connectivity index (χ0) is 18.7. The van der Waals surface area contributed by atoms with Crippen LogP contribution in [0.15, 0.2) is 48.5 Å². The Balaban J connectivity index is 1.76. The zero-order valence-corrected chi connectivity index (χ0v) is 13.9. The molecule has 2 amide bonds. The SMILES string of the molecule is O=C(Nc1ccc(F)cc1)N1CCCCC1c1ccc(C(F)(F)F)cc1. The van der Waals surface area contributed by atoms with Gasteiger partial charge in [0.05, 0.1) is 11.6 Å². The molecule has 138 valence electrons. The van der Waals surface area contributed by atoms with Crippen molar-refractivity contribution in [1.29, 1.82) is 0 Å². The van der Waals surface area contributed by atoms with Crippen LogP contribution in [0.3, 0.4) is 0 Å². The van der Waals surface area contributed by atoms with Gasteiger partial charge in [0.25, 0.3) is 0 Å². The number of carbonyl (C=O) groups is 1. The lowest BCUT2D eigenvalue weighted by Gasteiger charge is -2.36. The molecule has 2 aromatic rings. The van der Waals surface area contributed by atoms with E-state index in [2.05, 4.69) is 5.32 Å². The molecular formula is C19H18F4N2O. The van der Waals surface area contributed by atoms with Crippen molar-refractivity contribution >= 4 is 11.7 Å². The summed E-state index contributed by atoms with van der Waals surface area (Å²) >= 11 is 0. The number of alkyl halides is 3. The molecule has 0 spiro atoms. The maximum Gasteiger partial charge on any atom is 0.416 e. The molecule has 0 saturated carbocycles. The predicted molar refractivity (Wildman–Crippen MR) is 90.2 cm³/mol. The van der Waals surface area contributed by atoms with E-state index in [1.165, 1.54) is 36.4 Å². The molecule has 0 aliphatic carbocycles. The average Bonchev–Trinajstić information content (AvgIpc) is 2.63. The second-order valence-corrected chi connectivity index (χ2v) is 6.26. The number of carbonyl (C=O) groups excluding carboxylic acids is 1. The molecule has 1 heterocycles. The maximum absolute atomic E-state index is 13.0. The first-order chi connectivity index (χ1) is 12.3. The van der Waals surface area contributed by atoms with Crippen molar-refractivity contribution in [3.63, 3.8) is 0 Å². The summed E-state index contributed by atoms with van der Waals surface area (Å²) in [5.41, 5.74) is 0.430. The monoisotopic (exact) mass is 366 g/mol. The number of benzene rings is 2. The largest absolute Gasteiger partial charge is 0.416 e. The summed E-state index contributed by atoms with van der Waals surface area (Å²) in [4.78, 5) is 14.2. The lowest BCUT2D eigenvalue weighted by Crippen LogP contribution is -2.41. The minimum atomic E-state index is -4.38. The molecule has 1 N–H and O–H groups in total. The van der Waals surface area contributed by atoms with E-state index in [9.17, 15) is 22.4 Å². The van der Waals surface area contributed by atoms with Crippen molar-refractivity contribution in [2.24, 2.45) is 0 Å². The fraction of sp³-hybridized carbons (Fsp3) is 0.316. The smallest absolute Gasteiger partial charge is 0.317 e. The van der Waals surface area contributed by atoms with E-state index in [4.69, 9.17) is 0 Å². The van der Waals surface area contributed by atoms with Gasteiger partial charge in [0, 0.05) is 12.2 Å². The van der Waals surface area contributed by atoms with Gasteiger partial charge in [-0.05, 0) is 61.2 Å². The second-order valence-electron chi connectivity index (χ2n) is 6.26. The van der Waals surface area contributed by atoms with Gasteiger partial charge in [-0.3, -0.25) is 0 Å². The number of piperidine rings is 1. The molecule has 1 unspecified atom stereocenters. The number of urea groups is 1. The first-order valence-corrected chi connectivity index (χ1v) is 8.35. The predicted octanol–water partition coefficient (Wildman–Crippen LogP) is 5.60. The molecule has 0 bridgehead atoms. The van der Waals surface area contributed by atoms with Crippen LogP contribution in [0.4, 0.5) is 28.0 Å². The van der Waals surface area contributed by atoms with E-state index in [0.29, 0.717) is 24.2 Å². The minimum absolute atomic E-state index is 0.286. The normalized spacial score (nSPS) is 17.8. The lowest BCUT2D eigenvalue weighted by atomic mass is 9.95.